The molecule has 1 atom stereocenters. The number of thiazole rings is 1. The van der Waals surface area contributed by atoms with Crippen LogP contribution in [0.15, 0.2) is 30.1 Å². The predicted molar refractivity (Wildman–Crippen MR) is 201 cm³/mol. The van der Waals surface area contributed by atoms with E-state index in [1.54, 1.807) is 57.9 Å². The number of H-pyrrole nitrogens is 2. The standard InChI is InChI=1S/C12H8N6S2.C8H14N2O3.C8H14N2O2.2C3H8/c1(7-3-13-5-15-7)2-9-17-11-12(19-9)18-10(20-11)8-4-14-6-16-8;1-13-8(12)9-6-7(11)10-4-2-3-5-10;1-7(11)9-6-8(12)10-4-2-3-5-10;2*1-3-2/h3-6,9,17H,(H,13,15)(H,14,16);2-6H2,1H3,(H,9,12);2-6H2,1H3,(H,9,11);2*3H2,1-2H3. The number of nitrogens with one attached hydrogen (secondary N) is 5. The summed E-state index contributed by atoms with van der Waals surface area (Å²) in [4.78, 5) is 65.8. The number of methoxy groups -OCH3 is 1. The molecular weight excluding hydrogens is 693 g/mol. The summed E-state index contributed by atoms with van der Waals surface area (Å²) in [5.74, 6) is 6.03. The van der Waals surface area contributed by atoms with Gasteiger partial charge in [-0.1, -0.05) is 69.6 Å². The molecule has 0 saturated carbocycles. The molecule has 51 heavy (non-hydrogen) atoms. The van der Waals surface area contributed by atoms with Gasteiger partial charge in [-0.2, -0.15) is 0 Å². The number of nitrogens with zero attached hydrogens (tertiary/aromatic N) is 5. The van der Waals surface area contributed by atoms with Gasteiger partial charge in [0.1, 0.15) is 32.6 Å². The van der Waals surface area contributed by atoms with Gasteiger partial charge in [-0.05, 0) is 31.6 Å². The lowest BCUT2D eigenvalue weighted by Gasteiger charge is -2.14. The molecule has 5 N–H and O–H groups in total. The van der Waals surface area contributed by atoms with Crippen LogP contribution < -0.4 is 16.0 Å². The SMILES string of the molecule is C(#CC1Nc2sc(-c3cnc[nH]3)nc2S1)c1cnc[nH]1.CC(=O)NCC(=O)N1CCCC1.CCC.CCC.COC(=O)NCC(=O)N1CCCC1. The Morgan fingerprint density at radius 2 is 1.43 bits per heavy atom. The summed E-state index contributed by atoms with van der Waals surface area (Å²) in [6.45, 7) is 13.4. The highest BCUT2D eigenvalue weighted by atomic mass is 32.2. The van der Waals surface area contributed by atoms with E-state index in [0.717, 1.165) is 78.3 Å². The number of anilines is 1. The van der Waals surface area contributed by atoms with Crippen molar-refractivity contribution in [2.75, 3.05) is 51.7 Å². The Bertz CT molecular complexity index is 1480. The number of hydrogen-bond acceptors (Lipinski definition) is 11. The number of carbonyl (C=O) groups is 4. The molecule has 2 saturated heterocycles. The van der Waals surface area contributed by atoms with Gasteiger partial charge in [-0.3, -0.25) is 14.4 Å². The first-order chi connectivity index (χ1) is 24.6. The molecule has 3 aromatic rings. The smallest absolute Gasteiger partial charge is 0.407 e. The zero-order valence-corrected chi connectivity index (χ0v) is 32.1. The van der Waals surface area contributed by atoms with E-state index in [1.165, 1.54) is 26.9 Å². The van der Waals surface area contributed by atoms with Crippen molar-refractivity contribution in [3.05, 3.63) is 30.7 Å². The zero-order chi connectivity index (χ0) is 37.4. The second-order valence-electron chi connectivity index (χ2n) is 11.3. The molecule has 0 radical (unpaired) electrons. The molecule has 4 amide bonds. The van der Waals surface area contributed by atoms with E-state index in [-0.39, 0.29) is 36.2 Å². The minimum absolute atomic E-state index is 0.0303. The van der Waals surface area contributed by atoms with Crippen LogP contribution in [0.3, 0.4) is 0 Å². The van der Waals surface area contributed by atoms with Crippen molar-refractivity contribution in [3.63, 3.8) is 0 Å². The van der Waals surface area contributed by atoms with Crippen molar-refractivity contribution in [3.8, 4) is 22.5 Å². The van der Waals surface area contributed by atoms with Crippen LogP contribution >= 0.6 is 23.1 Å². The quantitative estimate of drug-likeness (QED) is 0.229. The summed E-state index contributed by atoms with van der Waals surface area (Å²) in [5.41, 5.74) is 1.75. The first-order valence-electron chi connectivity index (χ1n) is 17.2. The summed E-state index contributed by atoms with van der Waals surface area (Å²) < 4.78 is 4.34. The molecule has 3 aromatic heterocycles. The van der Waals surface area contributed by atoms with Gasteiger partial charge in [0.15, 0.2) is 0 Å². The fourth-order valence-electron chi connectivity index (χ4n) is 4.34. The second-order valence-corrected chi connectivity index (χ2v) is 13.4. The van der Waals surface area contributed by atoms with Crippen LogP contribution in [0.5, 0.6) is 0 Å². The summed E-state index contributed by atoms with van der Waals surface area (Å²) >= 11 is 3.23. The Kier molecular flexibility index (Phi) is 20.5. The van der Waals surface area contributed by atoms with Crippen LogP contribution in [-0.4, -0.2) is 110 Å². The van der Waals surface area contributed by atoms with Crippen LogP contribution in [-0.2, 0) is 19.1 Å². The van der Waals surface area contributed by atoms with E-state index >= 15 is 0 Å². The fourth-order valence-corrected chi connectivity index (χ4v) is 6.43. The largest absolute Gasteiger partial charge is 0.453 e. The van der Waals surface area contributed by atoms with Gasteiger partial charge in [0.25, 0.3) is 0 Å². The molecule has 3 aliphatic rings. The van der Waals surface area contributed by atoms with Crippen molar-refractivity contribution in [2.45, 2.75) is 83.5 Å². The third-order valence-electron chi connectivity index (χ3n) is 6.63. The Labute approximate surface area is 308 Å². The average Bonchev–Trinajstić information content (AvgIpc) is 3.95. The molecular formula is C34H52N10O5S2. The summed E-state index contributed by atoms with van der Waals surface area (Å²) in [6.07, 6.45) is 13.0. The van der Waals surface area contributed by atoms with Gasteiger partial charge < -0.3 is 40.5 Å². The minimum atomic E-state index is -0.562. The number of amides is 4. The summed E-state index contributed by atoms with van der Waals surface area (Å²) in [5, 5.41) is 11.2. The lowest BCUT2D eigenvalue weighted by Crippen LogP contribution is -2.38. The van der Waals surface area contributed by atoms with Gasteiger partial charge in [0, 0.05) is 33.1 Å². The number of aromatic nitrogens is 5. The highest BCUT2D eigenvalue weighted by Crippen LogP contribution is 2.44. The molecule has 6 heterocycles. The maximum Gasteiger partial charge on any atom is 0.407 e. The number of likely N-dealkylation sites (tertiary alicyclic amines) is 2. The number of rotatable bonds is 5. The van der Waals surface area contributed by atoms with E-state index in [2.05, 4.69) is 85.1 Å². The van der Waals surface area contributed by atoms with Gasteiger partial charge in [0.05, 0.1) is 44.4 Å². The van der Waals surface area contributed by atoms with E-state index < -0.39 is 6.09 Å². The summed E-state index contributed by atoms with van der Waals surface area (Å²) in [7, 11) is 1.27. The molecule has 0 aliphatic carbocycles. The molecule has 3 aliphatic heterocycles. The lowest BCUT2D eigenvalue weighted by atomic mass is 10.4. The maximum atomic E-state index is 11.3. The maximum absolute atomic E-state index is 11.3. The number of fused-ring (bicyclic) bond motifs is 1. The first-order valence-corrected chi connectivity index (χ1v) is 18.9. The van der Waals surface area contributed by atoms with E-state index in [4.69, 9.17) is 0 Å². The van der Waals surface area contributed by atoms with Crippen molar-refractivity contribution in [1.82, 2.24) is 45.4 Å². The van der Waals surface area contributed by atoms with Crippen molar-refractivity contribution >= 4 is 51.9 Å². The Balaban J connectivity index is 0.000000256. The number of carbonyl (C=O) groups excluding carboxylic acids is 4. The topological polar surface area (TPSA) is 190 Å². The number of aromatic amines is 2. The predicted octanol–water partition coefficient (Wildman–Crippen LogP) is 4.69. The molecule has 280 valence electrons. The fraction of sp³-hybridized carbons (Fsp3) is 0.559. The monoisotopic (exact) mass is 744 g/mol. The number of hydrogen-bond donors (Lipinski definition) is 5. The van der Waals surface area contributed by atoms with Crippen LogP contribution in [0.2, 0.25) is 0 Å². The van der Waals surface area contributed by atoms with Gasteiger partial charge in [0.2, 0.25) is 17.7 Å². The van der Waals surface area contributed by atoms with Crippen LogP contribution in [0, 0.1) is 11.8 Å². The van der Waals surface area contributed by atoms with Gasteiger partial charge in [-0.25, -0.2) is 19.7 Å². The molecule has 0 bridgehead atoms. The molecule has 1 unspecified atom stereocenters. The molecule has 17 heteroatoms. The van der Waals surface area contributed by atoms with Crippen molar-refractivity contribution < 1.29 is 23.9 Å². The zero-order valence-electron chi connectivity index (χ0n) is 30.5. The lowest BCUT2D eigenvalue weighted by molar-refractivity contribution is -0.131. The van der Waals surface area contributed by atoms with E-state index in [1.807, 2.05) is 0 Å². The Morgan fingerprint density at radius 3 is 1.90 bits per heavy atom. The van der Waals surface area contributed by atoms with Crippen LogP contribution in [0.25, 0.3) is 10.7 Å². The van der Waals surface area contributed by atoms with Gasteiger partial charge in [-0.15, -0.1) is 0 Å². The Morgan fingerprint density at radius 1 is 0.882 bits per heavy atom. The first kappa shape index (κ1) is 42.6. The molecule has 0 aromatic carbocycles. The molecule has 15 nitrogen and oxygen atoms in total. The van der Waals surface area contributed by atoms with Crippen LogP contribution in [0.4, 0.5) is 9.80 Å². The van der Waals surface area contributed by atoms with E-state index in [0.29, 0.717) is 0 Å². The number of thioether (sulfide) groups is 1. The third-order valence-corrected chi connectivity index (χ3v) is 8.77. The molecule has 0 spiro atoms. The molecule has 6 rings (SSSR count). The number of imidazole rings is 2. The average molecular weight is 745 g/mol. The van der Waals surface area contributed by atoms with Crippen LogP contribution in [0.1, 0.15) is 78.8 Å². The van der Waals surface area contributed by atoms with Gasteiger partial charge >= 0.3 is 6.09 Å². The van der Waals surface area contributed by atoms with E-state index in [9.17, 15) is 19.2 Å². The number of alkyl carbamates (subject to hydrolysis) is 1. The minimum Gasteiger partial charge on any atom is -0.453 e. The second kappa shape index (κ2) is 24.6. The van der Waals surface area contributed by atoms with Crippen molar-refractivity contribution in [2.24, 2.45) is 0 Å². The Hall–Kier alpha value is -4.56. The van der Waals surface area contributed by atoms with Crippen molar-refractivity contribution in [1.29, 1.82) is 0 Å². The normalized spacial score (nSPS) is 14.9. The highest BCUT2D eigenvalue weighted by Gasteiger charge is 2.25. The molecule has 2 fully saturated rings. The summed E-state index contributed by atoms with van der Waals surface area (Å²) in [6, 6.07) is 0. The highest BCUT2D eigenvalue weighted by molar-refractivity contribution is 8.00. The third kappa shape index (κ3) is 16.3. The number of ether oxygens (including phenoxy) is 1.